The van der Waals surface area contributed by atoms with Crippen molar-refractivity contribution in [2.24, 2.45) is 17.4 Å². The summed E-state index contributed by atoms with van der Waals surface area (Å²) in [5.41, 5.74) is 12.5. The lowest BCUT2D eigenvalue weighted by molar-refractivity contribution is 0.159. The highest BCUT2D eigenvalue weighted by Crippen LogP contribution is 2.28. The maximum atomic E-state index is 5.85. The fourth-order valence-electron chi connectivity index (χ4n) is 2.51. The largest absolute Gasteiger partial charge is 0.383 e. The zero-order chi connectivity index (χ0) is 12.3. The van der Waals surface area contributed by atoms with Crippen LogP contribution < -0.4 is 11.5 Å². The van der Waals surface area contributed by atoms with Crippen LogP contribution in [0.15, 0.2) is 23.8 Å². The maximum Gasteiger partial charge on any atom is 0.0867 e. The fraction of sp³-hybridized carbons (Fsp3) is 0.692. The summed E-state index contributed by atoms with van der Waals surface area (Å²) in [4.78, 5) is 2.45. The molecule has 17 heavy (non-hydrogen) atoms. The fourth-order valence-corrected chi connectivity index (χ4v) is 2.51. The van der Waals surface area contributed by atoms with Gasteiger partial charge in [-0.05, 0) is 30.5 Å². The van der Waals surface area contributed by atoms with Crippen molar-refractivity contribution in [3.8, 4) is 0 Å². The lowest BCUT2D eigenvalue weighted by Crippen LogP contribution is -2.47. The second kappa shape index (κ2) is 5.31. The Kier molecular flexibility index (Phi) is 3.99. The number of hydrogen-bond acceptors (Lipinski definition) is 4. The summed E-state index contributed by atoms with van der Waals surface area (Å²) in [6, 6.07) is 0. The van der Waals surface area contributed by atoms with Gasteiger partial charge in [-0.15, -0.1) is 0 Å². The van der Waals surface area contributed by atoms with Crippen molar-refractivity contribution in [2.75, 3.05) is 33.4 Å². The summed E-state index contributed by atoms with van der Waals surface area (Å²) in [5.74, 6) is 0.638. The molecular weight excluding hydrogens is 214 g/mol. The van der Waals surface area contributed by atoms with Gasteiger partial charge in [0.05, 0.1) is 12.3 Å². The van der Waals surface area contributed by atoms with Crippen LogP contribution in [0.3, 0.4) is 0 Å². The van der Waals surface area contributed by atoms with Crippen molar-refractivity contribution in [3.63, 3.8) is 0 Å². The first-order valence-electron chi connectivity index (χ1n) is 6.29. The van der Waals surface area contributed by atoms with E-state index in [0.29, 0.717) is 5.92 Å². The van der Waals surface area contributed by atoms with Gasteiger partial charge in [0, 0.05) is 26.6 Å². The third-order valence-electron chi connectivity index (χ3n) is 3.63. The van der Waals surface area contributed by atoms with Crippen LogP contribution in [0.5, 0.6) is 0 Å². The van der Waals surface area contributed by atoms with Crippen molar-refractivity contribution >= 4 is 0 Å². The molecule has 2 rings (SSSR count). The second-order valence-corrected chi connectivity index (χ2v) is 5.13. The van der Waals surface area contributed by atoms with E-state index in [9.17, 15) is 0 Å². The van der Waals surface area contributed by atoms with E-state index in [1.54, 1.807) is 7.11 Å². The van der Waals surface area contributed by atoms with Crippen LogP contribution >= 0.6 is 0 Å². The molecule has 1 aliphatic heterocycles. The lowest BCUT2D eigenvalue weighted by atomic mass is 9.90. The van der Waals surface area contributed by atoms with Gasteiger partial charge in [0.2, 0.25) is 0 Å². The molecule has 0 saturated carbocycles. The smallest absolute Gasteiger partial charge is 0.0867 e. The summed E-state index contributed by atoms with van der Waals surface area (Å²) < 4.78 is 5.11. The van der Waals surface area contributed by atoms with Gasteiger partial charge < -0.3 is 21.1 Å². The number of hydrogen-bond donors (Lipinski definition) is 2. The molecule has 1 saturated heterocycles. The number of nitrogens with zero attached hydrogens (tertiary/aromatic N) is 1. The van der Waals surface area contributed by atoms with Crippen LogP contribution in [0.1, 0.15) is 12.8 Å². The molecule has 0 amide bonds. The molecule has 2 aliphatic rings. The molecule has 96 valence electrons. The molecule has 0 spiro atoms. The van der Waals surface area contributed by atoms with Crippen LogP contribution in [0.4, 0.5) is 0 Å². The van der Waals surface area contributed by atoms with Crippen molar-refractivity contribution in [1.82, 2.24) is 4.90 Å². The third kappa shape index (κ3) is 3.39. The quantitative estimate of drug-likeness (QED) is 0.697. The summed E-state index contributed by atoms with van der Waals surface area (Å²) in [5, 5.41) is 0. The van der Waals surface area contributed by atoms with Crippen LogP contribution in [-0.4, -0.2) is 43.9 Å². The van der Waals surface area contributed by atoms with Gasteiger partial charge in [-0.1, -0.05) is 12.2 Å². The molecule has 0 aromatic carbocycles. The molecule has 0 aromatic rings. The van der Waals surface area contributed by atoms with Gasteiger partial charge in [-0.3, -0.25) is 0 Å². The first-order chi connectivity index (χ1) is 8.11. The van der Waals surface area contributed by atoms with E-state index in [1.165, 1.54) is 12.0 Å². The Bertz CT molecular complexity index is 323. The molecule has 1 atom stereocenters. The number of rotatable bonds is 4. The van der Waals surface area contributed by atoms with E-state index in [2.05, 4.69) is 17.1 Å². The zero-order valence-electron chi connectivity index (χ0n) is 10.6. The summed E-state index contributed by atoms with van der Waals surface area (Å²) >= 11 is 0. The minimum atomic E-state index is -0.641. The van der Waals surface area contributed by atoms with Gasteiger partial charge >= 0.3 is 0 Å². The Labute approximate surface area is 103 Å². The second-order valence-electron chi connectivity index (χ2n) is 5.13. The Morgan fingerprint density at radius 2 is 2.35 bits per heavy atom. The molecule has 1 unspecified atom stereocenters. The average Bonchev–Trinajstić information content (AvgIpc) is 2.75. The molecule has 4 nitrogen and oxygen atoms in total. The van der Waals surface area contributed by atoms with E-state index >= 15 is 0 Å². The number of allylic oxidation sites excluding steroid dienone is 1. The van der Waals surface area contributed by atoms with Gasteiger partial charge in [0.15, 0.2) is 0 Å². The Balaban J connectivity index is 1.85. The molecule has 4 N–H and O–H groups in total. The predicted molar refractivity (Wildman–Crippen MR) is 69.4 cm³/mol. The number of likely N-dealkylation sites (tertiary alicyclic amines) is 1. The summed E-state index contributed by atoms with van der Waals surface area (Å²) in [6.45, 7) is 4.13. The van der Waals surface area contributed by atoms with Crippen molar-refractivity contribution in [3.05, 3.63) is 23.8 Å². The van der Waals surface area contributed by atoms with E-state index in [4.69, 9.17) is 16.2 Å². The Hall–Kier alpha value is -0.680. The monoisotopic (exact) mass is 237 g/mol. The topological polar surface area (TPSA) is 64.5 Å². The molecule has 1 aliphatic carbocycles. The van der Waals surface area contributed by atoms with Crippen molar-refractivity contribution < 1.29 is 4.74 Å². The van der Waals surface area contributed by atoms with Gasteiger partial charge in [0.1, 0.15) is 0 Å². The SMILES string of the molecule is COCCN1CCC(C2=CCC(N)(N)C=C2)C1. The van der Waals surface area contributed by atoms with Crippen LogP contribution in [0.25, 0.3) is 0 Å². The van der Waals surface area contributed by atoms with E-state index in [0.717, 1.165) is 32.7 Å². The summed E-state index contributed by atoms with van der Waals surface area (Å²) in [7, 11) is 1.75. The van der Waals surface area contributed by atoms with Crippen LogP contribution in [0.2, 0.25) is 0 Å². The molecule has 1 heterocycles. The zero-order valence-corrected chi connectivity index (χ0v) is 10.6. The van der Waals surface area contributed by atoms with Crippen LogP contribution in [0, 0.1) is 5.92 Å². The first kappa shape index (κ1) is 12.8. The van der Waals surface area contributed by atoms with Crippen molar-refractivity contribution in [2.45, 2.75) is 18.5 Å². The molecule has 0 aromatic heterocycles. The minimum Gasteiger partial charge on any atom is -0.383 e. The third-order valence-corrected chi connectivity index (χ3v) is 3.63. The van der Waals surface area contributed by atoms with E-state index in [1.807, 2.05) is 6.08 Å². The van der Waals surface area contributed by atoms with Gasteiger partial charge in [0.25, 0.3) is 0 Å². The minimum absolute atomic E-state index is 0.638. The lowest BCUT2D eigenvalue weighted by Gasteiger charge is -2.25. The average molecular weight is 237 g/mol. The highest BCUT2D eigenvalue weighted by atomic mass is 16.5. The predicted octanol–water partition coefficient (Wildman–Crippen LogP) is 0.455. The van der Waals surface area contributed by atoms with Gasteiger partial charge in [-0.2, -0.15) is 0 Å². The molecule has 4 heteroatoms. The first-order valence-corrected chi connectivity index (χ1v) is 6.29. The van der Waals surface area contributed by atoms with Crippen molar-refractivity contribution in [1.29, 1.82) is 0 Å². The highest BCUT2D eigenvalue weighted by Gasteiger charge is 2.26. The molecule has 0 bridgehead atoms. The number of nitrogens with two attached hydrogens (primary N) is 2. The normalized spacial score (nSPS) is 28.4. The van der Waals surface area contributed by atoms with Crippen LogP contribution in [-0.2, 0) is 4.74 Å². The number of ether oxygens (including phenoxy) is 1. The van der Waals surface area contributed by atoms with E-state index in [-0.39, 0.29) is 0 Å². The maximum absolute atomic E-state index is 5.85. The summed E-state index contributed by atoms with van der Waals surface area (Å²) in [6.07, 6.45) is 8.20. The Morgan fingerprint density at radius 1 is 1.53 bits per heavy atom. The highest BCUT2D eigenvalue weighted by molar-refractivity contribution is 5.30. The molecular formula is C13H23N3O. The molecule has 0 radical (unpaired) electrons. The Morgan fingerprint density at radius 3 is 3.00 bits per heavy atom. The standard InChI is InChI=1S/C13H23N3O/c1-17-9-8-16-7-4-12(10-16)11-2-5-13(14,15)6-3-11/h2-3,5,12H,4,6-10,14-15H2,1H3. The van der Waals surface area contributed by atoms with Gasteiger partial charge in [-0.25, -0.2) is 0 Å². The van der Waals surface area contributed by atoms with E-state index < -0.39 is 5.66 Å². The number of methoxy groups -OCH3 is 1. The molecule has 1 fully saturated rings.